The number of amides is 3. The number of imidazole rings is 2. The van der Waals surface area contributed by atoms with E-state index in [2.05, 4.69) is 20.6 Å². The third-order valence-electron chi connectivity index (χ3n) is 14.8. The Balaban J connectivity index is 0.895. The van der Waals surface area contributed by atoms with Crippen LogP contribution >= 0.6 is 0 Å². The number of fused-ring (bicyclic) bond motifs is 6. The molecule has 7 atom stereocenters. The van der Waals surface area contributed by atoms with Crippen molar-refractivity contribution in [1.29, 1.82) is 0 Å². The van der Waals surface area contributed by atoms with Gasteiger partial charge in [0, 0.05) is 36.4 Å². The largest absolute Gasteiger partial charge is 0.453 e. The lowest BCUT2D eigenvalue weighted by Crippen LogP contribution is -2.54. The van der Waals surface area contributed by atoms with E-state index in [9.17, 15) is 19.5 Å². The second-order valence-corrected chi connectivity index (χ2v) is 19.6. The normalized spacial score (nSPS) is 23.6. The third kappa shape index (κ3) is 7.37. The summed E-state index contributed by atoms with van der Waals surface area (Å²) in [6.07, 6.45) is 5.21. The van der Waals surface area contributed by atoms with Crippen molar-refractivity contribution in [2.75, 3.05) is 20.8 Å². The van der Waals surface area contributed by atoms with Gasteiger partial charge in [-0.25, -0.2) is 14.8 Å². The Morgan fingerprint density at radius 2 is 1.54 bits per heavy atom. The Labute approximate surface area is 375 Å². The van der Waals surface area contributed by atoms with Crippen molar-refractivity contribution >= 4 is 28.9 Å². The second kappa shape index (κ2) is 16.0. The summed E-state index contributed by atoms with van der Waals surface area (Å²) in [5.74, 6) is -2.37. The SMILES string of the molecule is COC(=O)N[C@@H](C(=O)N1[C@@H]2CC[C@@H](C2)[C@H]1c1nc2ccc(-c3ccc4c(c3)C(F)(F)c3cc(-c5cnc([C@@H]6CC7(CC7)CN6C(=O)[C@@H](NC(O)OC)C(C)C)[nH]5)ccc3-4)cc2[nH]1)C(C)C. The van der Waals surface area contributed by atoms with Gasteiger partial charge in [0.05, 0.1) is 48.2 Å². The number of likely N-dealkylation sites (tertiary alicyclic amines) is 2. The van der Waals surface area contributed by atoms with Gasteiger partial charge in [-0.1, -0.05) is 58.0 Å². The summed E-state index contributed by atoms with van der Waals surface area (Å²) in [6, 6.07) is 14.0. The summed E-state index contributed by atoms with van der Waals surface area (Å²) >= 11 is 0. The number of halogens is 2. The molecular formula is C49H56F2N8O6. The van der Waals surface area contributed by atoms with Gasteiger partial charge in [0.1, 0.15) is 17.7 Å². The number of methoxy groups -OCH3 is 2. The molecule has 1 unspecified atom stereocenters. The van der Waals surface area contributed by atoms with Crippen molar-refractivity contribution < 1.29 is 37.7 Å². The minimum absolute atomic E-state index is 0.0326. The summed E-state index contributed by atoms with van der Waals surface area (Å²) in [7, 11) is 2.64. The van der Waals surface area contributed by atoms with Gasteiger partial charge >= 0.3 is 6.09 Å². The molecule has 3 amide bonds. The fraction of sp³-hybridized carbons (Fsp3) is 0.490. The van der Waals surface area contributed by atoms with Crippen molar-refractivity contribution in [2.45, 2.75) is 109 Å². The monoisotopic (exact) mass is 890 g/mol. The zero-order valence-corrected chi connectivity index (χ0v) is 37.5. The van der Waals surface area contributed by atoms with E-state index in [1.807, 2.05) is 67.8 Å². The number of rotatable bonds is 12. The Morgan fingerprint density at radius 1 is 0.862 bits per heavy atom. The lowest BCUT2D eigenvalue weighted by atomic mass is 9.95. The van der Waals surface area contributed by atoms with Crippen LogP contribution in [-0.2, 0) is 25.0 Å². The molecule has 2 saturated heterocycles. The fourth-order valence-corrected chi connectivity index (χ4v) is 11.1. The molecule has 4 heterocycles. The maximum Gasteiger partial charge on any atom is 0.407 e. The molecule has 1 spiro atoms. The Morgan fingerprint density at radius 3 is 2.22 bits per heavy atom. The minimum atomic E-state index is -3.28. The van der Waals surface area contributed by atoms with E-state index in [4.69, 9.17) is 19.4 Å². The fourth-order valence-electron chi connectivity index (χ4n) is 11.1. The molecule has 14 nitrogen and oxygen atoms in total. The summed E-state index contributed by atoms with van der Waals surface area (Å²) in [6.45, 7) is 8.20. The maximum atomic E-state index is 16.7. The number of alkyl halides is 2. The highest BCUT2D eigenvalue weighted by Crippen LogP contribution is 2.59. The first-order valence-electron chi connectivity index (χ1n) is 22.8. The summed E-state index contributed by atoms with van der Waals surface area (Å²) in [5, 5.41) is 15.8. The van der Waals surface area contributed by atoms with E-state index in [0.717, 1.165) is 49.6 Å². The number of carbonyl (C=O) groups excluding carboxylic acids is 3. The number of H-pyrrole nitrogens is 2. The summed E-state index contributed by atoms with van der Waals surface area (Å²) < 4.78 is 43.2. The number of benzene rings is 3. The lowest BCUT2D eigenvalue weighted by Gasteiger charge is -2.37. The number of nitrogens with zero attached hydrogens (tertiary/aromatic N) is 4. The van der Waals surface area contributed by atoms with Crippen LogP contribution in [-0.4, -0.2) is 98.1 Å². The van der Waals surface area contributed by atoms with Crippen LogP contribution in [0.2, 0.25) is 0 Å². The standard InChI is InChI=1S/C49H56F2N8O6/c1-24(2)39(56-46(62)64-5)44(60)58-23-48(15-16-48)21-38(58)42-52-22-37(55-42)28-9-13-32-31-12-8-26(18-33(31)49(50,51)34(32)19-28)27-10-14-35-36(20-27)54-43(53-35)41-29-7-11-30(17-29)59(41)45(61)40(25(3)4)57-47(63)65-6/h8-10,12-14,18-20,22,24-25,29-30,38-41,46,56,62H,7,11,15-17,21,23H2,1-6H3,(H,52,55)(H,53,54)(H,57,63)/t29-,30+,38-,39-,40+,41-,46?/m0/s1. The van der Waals surface area contributed by atoms with Crippen molar-refractivity contribution in [3.63, 3.8) is 0 Å². The smallest absolute Gasteiger partial charge is 0.407 e. The van der Waals surface area contributed by atoms with Crippen LogP contribution in [0.1, 0.15) is 101 Å². The van der Waals surface area contributed by atoms with E-state index in [1.54, 1.807) is 24.4 Å². The van der Waals surface area contributed by atoms with E-state index < -0.39 is 30.5 Å². The highest BCUT2D eigenvalue weighted by atomic mass is 19.3. The Bertz CT molecular complexity index is 2690. The van der Waals surface area contributed by atoms with Crippen LogP contribution in [0.3, 0.4) is 0 Å². The highest BCUT2D eigenvalue weighted by molar-refractivity contribution is 5.89. The summed E-state index contributed by atoms with van der Waals surface area (Å²) in [4.78, 5) is 60.6. The molecule has 5 aliphatic rings. The van der Waals surface area contributed by atoms with Gasteiger partial charge in [-0.05, 0) is 108 Å². The molecule has 0 radical (unpaired) electrons. The average molecular weight is 891 g/mol. The minimum Gasteiger partial charge on any atom is -0.453 e. The van der Waals surface area contributed by atoms with E-state index in [1.165, 1.54) is 20.3 Å². The maximum absolute atomic E-state index is 16.7. The van der Waals surface area contributed by atoms with Crippen LogP contribution in [0.4, 0.5) is 13.6 Å². The first-order chi connectivity index (χ1) is 31.1. The molecule has 2 aliphatic heterocycles. The van der Waals surface area contributed by atoms with Crippen LogP contribution in [0, 0.1) is 23.2 Å². The van der Waals surface area contributed by atoms with Gasteiger partial charge in [-0.15, -0.1) is 0 Å². The van der Waals surface area contributed by atoms with Crippen LogP contribution in [0.25, 0.3) is 44.5 Å². The number of aromatic nitrogens is 4. The number of carbonyl (C=O) groups is 3. The van der Waals surface area contributed by atoms with Gasteiger partial charge in [0.25, 0.3) is 5.92 Å². The zero-order chi connectivity index (χ0) is 45.7. The Hall–Kier alpha value is -5.71. The molecule has 5 aromatic rings. The van der Waals surface area contributed by atoms with Gasteiger partial charge in [-0.3, -0.25) is 14.9 Å². The van der Waals surface area contributed by atoms with E-state index in [0.29, 0.717) is 51.7 Å². The number of ether oxygens (including phenoxy) is 2. The van der Waals surface area contributed by atoms with Crippen LogP contribution < -0.4 is 10.6 Å². The molecule has 342 valence electrons. The van der Waals surface area contributed by atoms with Gasteiger partial charge in [0.2, 0.25) is 18.2 Å². The van der Waals surface area contributed by atoms with E-state index >= 15 is 8.78 Å². The van der Waals surface area contributed by atoms with E-state index in [-0.39, 0.29) is 64.2 Å². The van der Waals surface area contributed by atoms with Crippen LogP contribution in [0.5, 0.6) is 0 Å². The number of piperidine rings is 1. The van der Waals surface area contributed by atoms with Crippen molar-refractivity contribution in [3.8, 4) is 33.5 Å². The molecule has 2 bridgehead atoms. The van der Waals surface area contributed by atoms with Crippen molar-refractivity contribution in [2.24, 2.45) is 23.2 Å². The molecule has 4 fully saturated rings. The molecule has 5 N–H and O–H groups in total. The molecule has 10 rings (SSSR count). The third-order valence-corrected chi connectivity index (χ3v) is 14.8. The van der Waals surface area contributed by atoms with Gasteiger partial charge in [-0.2, -0.15) is 8.78 Å². The average Bonchev–Trinajstić information content (AvgIpc) is 3.95. The number of aromatic amines is 2. The quantitative estimate of drug-likeness (QED) is 0.0784. The molecular weight excluding hydrogens is 835 g/mol. The molecule has 65 heavy (non-hydrogen) atoms. The van der Waals surface area contributed by atoms with Crippen LogP contribution in [0.15, 0.2) is 60.8 Å². The second-order valence-electron chi connectivity index (χ2n) is 19.6. The predicted molar refractivity (Wildman–Crippen MR) is 238 cm³/mol. The molecule has 16 heteroatoms. The molecule has 3 aliphatic carbocycles. The number of aliphatic hydroxyl groups is 1. The number of hydrogen-bond acceptors (Lipinski definition) is 9. The van der Waals surface area contributed by atoms with Crippen molar-refractivity contribution in [3.05, 3.63) is 83.6 Å². The lowest BCUT2D eigenvalue weighted by molar-refractivity contribution is -0.145. The molecule has 3 aromatic carbocycles. The number of nitrogens with one attached hydrogen (secondary N) is 4. The predicted octanol–water partition coefficient (Wildman–Crippen LogP) is 7.76. The Kier molecular flexibility index (Phi) is 10.6. The number of alkyl carbamates (subject to hydrolysis) is 1. The van der Waals surface area contributed by atoms with Crippen molar-refractivity contribution in [1.82, 2.24) is 40.4 Å². The summed E-state index contributed by atoms with van der Waals surface area (Å²) in [5.41, 5.74) is 4.77. The molecule has 2 aromatic heterocycles. The highest BCUT2D eigenvalue weighted by Gasteiger charge is 2.56. The number of hydrogen-bond donors (Lipinski definition) is 5. The number of aliphatic hydroxyl groups excluding tert-OH is 1. The van der Waals surface area contributed by atoms with Gasteiger partial charge < -0.3 is 39.7 Å². The first-order valence-corrected chi connectivity index (χ1v) is 22.8. The first kappa shape index (κ1) is 43.2. The zero-order valence-electron chi connectivity index (χ0n) is 37.5. The topological polar surface area (TPSA) is 178 Å². The molecule has 2 saturated carbocycles. The van der Waals surface area contributed by atoms with Gasteiger partial charge in [0.15, 0.2) is 0 Å².